The Kier molecular flexibility index (Phi) is 3.05. The first-order valence-electron chi connectivity index (χ1n) is 6.97. The number of phenols is 1. The fourth-order valence-corrected chi connectivity index (χ4v) is 3.05. The molecule has 2 aromatic rings. The van der Waals surface area contributed by atoms with Gasteiger partial charge < -0.3 is 9.52 Å². The van der Waals surface area contributed by atoms with Gasteiger partial charge in [0.25, 0.3) is 0 Å². The van der Waals surface area contributed by atoms with E-state index in [1.54, 1.807) is 19.1 Å². The second-order valence-corrected chi connectivity index (χ2v) is 5.65. The van der Waals surface area contributed by atoms with Gasteiger partial charge in [-0.2, -0.15) is 0 Å². The zero-order valence-electron chi connectivity index (χ0n) is 12.1. The maximum absolute atomic E-state index is 12.5. The quantitative estimate of drug-likeness (QED) is 0.868. The van der Waals surface area contributed by atoms with E-state index in [2.05, 4.69) is 11.9 Å². The van der Waals surface area contributed by atoms with E-state index in [-0.39, 0.29) is 17.2 Å². The predicted molar refractivity (Wildman–Crippen MR) is 78.2 cm³/mol. The zero-order valence-corrected chi connectivity index (χ0v) is 12.1. The van der Waals surface area contributed by atoms with Crippen LogP contribution in [0, 0.1) is 13.8 Å². The van der Waals surface area contributed by atoms with Crippen molar-refractivity contribution in [2.24, 2.45) is 0 Å². The highest BCUT2D eigenvalue weighted by atomic mass is 16.3. The van der Waals surface area contributed by atoms with E-state index in [1.165, 1.54) is 0 Å². The molecule has 1 aromatic carbocycles. The fourth-order valence-electron chi connectivity index (χ4n) is 3.05. The number of fused-ring (bicyclic) bond motifs is 1. The lowest BCUT2D eigenvalue weighted by Gasteiger charge is -2.20. The molecule has 1 N–H and O–H groups in total. The normalized spacial score (nSPS) is 19.9. The highest BCUT2D eigenvalue weighted by molar-refractivity contribution is 5.82. The standard InChI is InChI=1S/C16H19NO3/c1-9-13(18)7-6-11-14(19)10(2)16(20-15(9)11)12-5-4-8-17(12)3/h6-7,12,18H,4-5,8H2,1-3H3/t12-/m0/s1. The van der Waals surface area contributed by atoms with Crippen LogP contribution in [0.2, 0.25) is 0 Å². The molecule has 4 nitrogen and oxygen atoms in total. The zero-order chi connectivity index (χ0) is 14.4. The summed E-state index contributed by atoms with van der Waals surface area (Å²) < 4.78 is 6.04. The van der Waals surface area contributed by atoms with Crippen molar-refractivity contribution < 1.29 is 9.52 Å². The van der Waals surface area contributed by atoms with Crippen molar-refractivity contribution in [1.29, 1.82) is 0 Å². The summed E-state index contributed by atoms with van der Waals surface area (Å²) in [5.74, 6) is 0.909. The van der Waals surface area contributed by atoms with E-state index in [0.29, 0.717) is 22.1 Å². The molecule has 1 aromatic heterocycles. The summed E-state index contributed by atoms with van der Waals surface area (Å²) in [6, 6.07) is 3.35. The Hall–Kier alpha value is -1.81. The molecule has 2 heterocycles. The molecule has 0 bridgehead atoms. The molecule has 1 fully saturated rings. The third-order valence-corrected chi connectivity index (χ3v) is 4.37. The third kappa shape index (κ3) is 1.83. The van der Waals surface area contributed by atoms with Crippen LogP contribution in [0.4, 0.5) is 0 Å². The smallest absolute Gasteiger partial charge is 0.195 e. The van der Waals surface area contributed by atoms with Gasteiger partial charge in [0.15, 0.2) is 5.43 Å². The summed E-state index contributed by atoms with van der Waals surface area (Å²) in [5.41, 5.74) is 1.82. The Morgan fingerprint density at radius 1 is 1.30 bits per heavy atom. The summed E-state index contributed by atoms with van der Waals surface area (Å²) >= 11 is 0. The molecule has 0 radical (unpaired) electrons. The minimum Gasteiger partial charge on any atom is -0.508 e. The van der Waals surface area contributed by atoms with Gasteiger partial charge in [-0.05, 0) is 52.4 Å². The molecule has 1 aliphatic heterocycles. The Labute approximate surface area is 117 Å². The molecule has 106 valence electrons. The molecule has 0 saturated carbocycles. The minimum atomic E-state index is 0.00431. The third-order valence-electron chi connectivity index (χ3n) is 4.37. The lowest BCUT2D eigenvalue weighted by Crippen LogP contribution is -2.21. The summed E-state index contributed by atoms with van der Waals surface area (Å²) in [6.07, 6.45) is 2.12. The van der Waals surface area contributed by atoms with Crippen LogP contribution in [0.1, 0.15) is 35.8 Å². The van der Waals surface area contributed by atoms with E-state index in [4.69, 9.17) is 4.42 Å². The van der Waals surface area contributed by atoms with Crippen molar-refractivity contribution in [3.8, 4) is 5.75 Å². The highest BCUT2D eigenvalue weighted by Crippen LogP contribution is 2.34. The van der Waals surface area contributed by atoms with Crippen molar-refractivity contribution >= 4 is 11.0 Å². The van der Waals surface area contributed by atoms with Gasteiger partial charge in [-0.3, -0.25) is 9.69 Å². The summed E-state index contributed by atoms with van der Waals surface area (Å²) in [4.78, 5) is 14.7. The Bertz CT molecular complexity index is 733. The number of hydrogen-bond donors (Lipinski definition) is 1. The van der Waals surface area contributed by atoms with Crippen LogP contribution >= 0.6 is 0 Å². The monoisotopic (exact) mass is 273 g/mol. The van der Waals surface area contributed by atoms with Crippen molar-refractivity contribution in [1.82, 2.24) is 4.90 Å². The molecule has 0 aliphatic carbocycles. The Morgan fingerprint density at radius 2 is 2.05 bits per heavy atom. The first kappa shape index (κ1) is 13.2. The summed E-state index contributed by atoms with van der Waals surface area (Å²) in [6.45, 7) is 4.62. The molecular weight excluding hydrogens is 254 g/mol. The van der Waals surface area contributed by atoms with Crippen molar-refractivity contribution in [3.63, 3.8) is 0 Å². The van der Waals surface area contributed by atoms with Crippen LogP contribution in [0.15, 0.2) is 21.3 Å². The van der Waals surface area contributed by atoms with Gasteiger partial charge in [0, 0.05) is 11.1 Å². The summed E-state index contributed by atoms with van der Waals surface area (Å²) in [7, 11) is 2.05. The van der Waals surface area contributed by atoms with Crippen molar-refractivity contribution in [3.05, 3.63) is 39.2 Å². The van der Waals surface area contributed by atoms with Gasteiger partial charge in [-0.25, -0.2) is 0 Å². The number of hydrogen-bond acceptors (Lipinski definition) is 4. The highest BCUT2D eigenvalue weighted by Gasteiger charge is 2.28. The van der Waals surface area contributed by atoms with Gasteiger partial charge in [0.2, 0.25) is 0 Å². The molecule has 1 atom stereocenters. The molecule has 1 saturated heterocycles. The maximum atomic E-state index is 12.5. The van der Waals surface area contributed by atoms with Crippen LogP contribution in [-0.2, 0) is 0 Å². The van der Waals surface area contributed by atoms with Crippen LogP contribution in [0.3, 0.4) is 0 Å². The first-order valence-corrected chi connectivity index (χ1v) is 6.97. The van der Waals surface area contributed by atoms with E-state index in [0.717, 1.165) is 25.1 Å². The molecule has 3 rings (SSSR count). The van der Waals surface area contributed by atoms with Gasteiger partial charge in [0.1, 0.15) is 17.1 Å². The lowest BCUT2D eigenvalue weighted by molar-refractivity contribution is 0.276. The molecule has 20 heavy (non-hydrogen) atoms. The molecule has 0 spiro atoms. The van der Waals surface area contributed by atoms with E-state index < -0.39 is 0 Å². The number of benzene rings is 1. The van der Waals surface area contributed by atoms with Gasteiger partial charge in [-0.1, -0.05) is 0 Å². The van der Waals surface area contributed by atoms with E-state index in [9.17, 15) is 9.90 Å². The second kappa shape index (κ2) is 4.63. The molecular formula is C16H19NO3. The maximum Gasteiger partial charge on any atom is 0.195 e. The number of phenolic OH excluding ortho intramolecular Hbond substituents is 1. The fraction of sp³-hybridized carbons (Fsp3) is 0.438. The number of aromatic hydroxyl groups is 1. The van der Waals surface area contributed by atoms with Crippen LogP contribution in [-0.4, -0.2) is 23.6 Å². The number of nitrogens with zero attached hydrogens (tertiary/aromatic N) is 1. The van der Waals surface area contributed by atoms with Gasteiger partial charge in [0.05, 0.1) is 11.4 Å². The largest absolute Gasteiger partial charge is 0.508 e. The van der Waals surface area contributed by atoms with Crippen molar-refractivity contribution in [2.45, 2.75) is 32.7 Å². The van der Waals surface area contributed by atoms with E-state index >= 15 is 0 Å². The second-order valence-electron chi connectivity index (χ2n) is 5.65. The first-order chi connectivity index (χ1) is 9.50. The number of rotatable bonds is 1. The van der Waals surface area contributed by atoms with Crippen LogP contribution in [0.25, 0.3) is 11.0 Å². The minimum absolute atomic E-state index is 0.00431. The number of aryl methyl sites for hydroxylation is 1. The average Bonchev–Trinajstić information content (AvgIpc) is 2.84. The summed E-state index contributed by atoms with van der Waals surface area (Å²) in [5, 5.41) is 10.4. The van der Waals surface area contributed by atoms with Crippen LogP contribution in [0.5, 0.6) is 5.75 Å². The Balaban J connectivity index is 2.31. The lowest BCUT2D eigenvalue weighted by atomic mass is 10.0. The van der Waals surface area contributed by atoms with E-state index in [1.807, 2.05) is 6.92 Å². The predicted octanol–water partition coefficient (Wildman–Crippen LogP) is 2.88. The Morgan fingerprint density at radius 3 is 2.70 bits per heavy atom. The van der Waals surface area contributed by atoms with Crippen LogP contribution < -0.4 is 5.43 Å². The van der Waals surface area contributed by atoms with Gasteiger partial charge >= 0.3 is 0 Å². The van der Waals surface area contributed by atoms with Crippen molar-refractivity contribution in [2.75, 3.05) is 13.6 Å². The number of likely N-dealkylation sites (tertiary alicyclic amines) is 1. The molecule has 1 aliphatic rings. The van der Waals surface area contributed by atoms with Gasteiger partial charge in [-0.15, -0.1) is 0 Å². The SMILES string of the molecule is Cc1c([C@@H]2CCCN2C)oc2c(C)c(O)ccc2c1=O. The molecule has 4 heteroatoms. The average molecular weight is 273 g/mol. The topological polar surface area (TPSA) is 53.7 Å². The molecule has 0 amide bonds. The molecule has 0 unspecified atom stereocenters.